The number of carbonyl (C=O) groups excluding carboxylic acids is 2. The normalized spacial score (nSPS) is 29.0. The number of benzene rings is 2. The Kier molecular flexibility index (Phi) is 4.04. The van der Waals surface area contributed by atoms with E-state index in [0.29, 0.717) is 25.8 Å². The molecular weight excluding hydrogens is 400 g/mol. The Morgan fingerprint density at radius 3 is 2.56 bits per heavy atom. The van der Waals surface area contributed by atoms with Gasteiger partial charge in [0.1, 0.15) is 12.4 Å². The lowest BCUT2D eigenvalue weighted by Gasteiger charge is -2.53. The van der Waals surface area contributed by atoms with Gasteiger partial charge in [-0.05, 0) is 43.4 Å². The third-order valence-electron chi connectivity index (χ3n) is 8.16. The molecule has 0 unspecified atom stereocenters. The van der Waals surface area contributed by atoms with Crippen LogP contribution < -0.4 is 4.90 Å². The number of hydrogen-bond acceptors (Lipinski definition) is 4. The fourth-order valence-corrected chi connectivity index (χ4v) is 6.71. The van der Waals surface area contributed by atoms with Crippen molar-refractivity contribution in [2.75, 3.05) is 11.4 Å². The molecule has 2 aromatic carbocycles. The minimum Gasteiger partial charge on any atom is -0.444 e. The molecule has 32 heavy (non-hydrogen) atoms. The lowest BCUT2D eigenvalue weighted by molar-refractivity contribution is -0.128. The van der Waals surface area contributed by atoms with Crippen molar-refractivity contribution < 1.29 is 14.3 Å². The molecule has 2 spiro atoms. The number of rotatable bonds is 2. The Morgan fingerprint density at radius 1 is 1.06 bits per heavy atom. The van der Waals surface area contributed by atoms with E-state index in [0.717, 1.165) is 28.9 Å². The van der Waals surface area contributed by atoms with E-state index in [1.807, 2.05) is 48.5 Å². The number of hydrogen-bond donors (Lipinski definition) is 0. The maximum absolute atomic E-state index is 13.7. The Morgan fingerprint density at radius 2 is 1.78 bits per heavy atom. The first kappa shape index (κ1) is 19.5. The van der Waals surface area contributed by atoms with Crippen LogP contribution in [-0.4, -0.2) is 29.7 Å². The van der Waals surface area contributed by atoms with Gasteiger partial charge in [0.2, 0.25) is 0 Å². The first-order valence-corrected chi connectivity index (χ1v) is 11.4. The molecular formula is C27H26N2O3. The summed E-state index contributed by atoms with van der Waals surface area (Å²) in [6.45, 7) is 2.94. The van der Waals surface area contributed by atoms with Gasteiger partial charge >= 0.3 is 6.09 Å². The molecule has 6 rings (SSSR count). The molecule has 2 aromatic rings. The summed E-state index contributed by atoms with van der Waals surface area (Å²) in [4.78, 5) is 34.0. The number of amides is 1. The van der Waals surface area contributed by atoms with Crippen molar-refractivity contribution in [3.8, 4) is 0 Å². The number of nitrogens with zero attached hydrogens (tertiary/aromatic N) is 2. The van der Waals surface area contributed by atoms with E-state index in [-0.39, 0.29) is 12.4 Å². The zero-order valence-electron chi connectivity index (χ0n) is 18.2. The second-order valence-corrected chi connectivity index (χ2v) is 9.61. The van der Waals surface area contributed by atoms with E-state index in [4.69, 9.17) is 9.73 Å². The summed E-state index contributed by atoms with van der Waals surface area (Å²) < 4.78 is 5.80. The maximum atomic E-state index is 13.7. The van der Waals surface area contributed by atoms with Crippen molar-refractivity contribution >= 4 is 23.3 Å². The number of allylic oxidation sites excluding steroid dienone is 2. The fraction of sp³-hybridized carbons (Fsp3) is 0.370. The quantitative estimate of drug-likeness (QED) is 0.636. The van der Waals surface area contributed by atoms with Gasteiger partial charge in [0.05, 0.1) is 22.1 Å². The molecule has 2 atom stereocenters. The van der Waals surface area contributed by atoms with Crippen LogP contribution >= 0.6 is 0 Å². The van der Waals surface area contributed by atoms with Gasteiger partial charge in [-0.25, -0.2) is 4.79 Å². The van der Waals surface area contributed by atoms with Gasteiger partial charge in [0, 0.05) is 18.7 Å². The summed E-state index contributed by atoms with van der Waals surface area (Å²) in [5.41, 5.74) is 2.15. The Balaban J connectivity index is 1.46. The van der Waals surface area contributed by atoms with Crippen LogP contribution in [-0.2, 0) is 21.6 Å². The van der Waals surface area contributed by atoms with Gasteiger partial charge in [-0.3, -0.25) is 14.7 Å². The molecule has 0 N–H and O–H groups in total. The first-order chi connectivity index (χ1) is 15.5. The Bertz CT molecular complexity index is 1180. The van der Waals surface area contributed by atoms with E-state index in [9.17, 15) is 9.59 Å². The molecule has 2 heterocycles. The molecule has 0 aromatic heterocycles. The van der Waals surface area contributed by atoms with Crippen LogP contribution in [0.15, 0.2) is 71.7 Å². The average Bonchev–Trinajstić information content (AvgIpc) is 3.51. The van der Waals surface area contributed by atoms with E-state index in [1.165, 1.54) is 0 Å². The minimum absolute atomic E-state index is 0.190. The third-order valence-corrected chi connectivity index (χ3v) is 8.16. The Hall–Kier alpha value is -3.21. The van der Waals surface area contributed by atoms with Crippen LogP contribution in [0.5, 0.6) is 0 Å². The van der Waals surface area contributed by atoms with E-state index < -0.39 is 22.5 Å². The zero-order valence-corrected chi connectivity index (χ0v) is 18.2. The summed E-state index contributed by atoms with van der Waals surface area (Å²) in [5.74, 6) is 0.190. The highest BCUT2D eigenvalue weighted by Gasteiger charge is 2.72. The summed E-state index contributed by atoms with van der Waals surface area (Å²) in [6, 6.07) is 17.8. The van der Waals surface area contributed by atoms with Crippen molar-refractivity contribution in [2.24, 2.45) is 10.4 Å². The van der Waals surface area contributed by atoms with Crippen LogP contribution in [0.3, 0.4) is 0 Å². The lowest BCUT2D eigenvalue weighted by Crippen LogP contribution is -2.68. The van der Waals surface area contributed by atoms with Crippen molar-refractivity contribution in [2.45, 2.75) is 50.2 Å². The van der Waals surface area contributed by atoms with Gasteiger partial charge in [0.25, 0.3) is 0 Å². The molecule has 0 radical (unpaired) electrons. The third kappa shape index (κ3) is 2.26. The van der Waals surface area contributed by atoms with Gasteiger partial charge in [-0.15, -0.1) is 0 Å². The molecule has 5 heteroatoms. The second-order valence-electron chi connectivity index (χ2n) is 9.61. The zero-order chi connectivity index (χ0) is 22.0. The first-order valence-electron chi connectivity index (χ1n) is 11.4. The number of ketones is 1. The van der Waals surface area contributed by atoms with Gasteiger partial charge < -0.3 is 4.74 Å². The van der Waals surface area contributed by atoms with Gasteiger partial charge in [0.15, 0.2) is 0 Å². The molecule has 0 bridgehead atoms. The number of fused-ring (bicyclic) bond motifs is 2. The topological polar surface area (TPSA) is 59.0 Å². The number of para-hydroxylation sites is 1. The van der Waals surface area contributed by atoms with Crippen LogP contribution in [0.4, 0.5) is 10.5 Å². The van der Waals surface area contributed by atoms with Crippen LogP contribution in [0, 0.1) is 5.41 Å². The molecule has 162 valence electrons. The maximum Gasteiger partial charge on any atom is 0.415 e. The van der Waals surface area contributed by atoms with Crippen LogP contribution in [0.2, 0.25) is 0 Å². The van der Waals surface area contributed by atoms with Crippen molar-refractivity contribution in [3.05, 3.63) is 77.9 Å². The number of Topliss-reactive ketones (excluding diaryl/α,β-unsaturated/α-hetero) is 1. The Labute approximate surface area is 187 Å². The van der Waals surface area contributed by atoms with Crippen molar-refractivity contribution in [3.63, 3.8) is 0 Å². The summed E-state index contributed by atoms with van der Waals surface area (Å²) in [6.07, 6.45) is 6.37. The SMILES string of the molecule is C[C@]12CC(=O)C3(CC=CC3)C3=NCC[C@@]31c1ccccc1N2C(=O)OCc1ccccc1. The molecule has 5 nitrogen and oxygen atoms in total. The number of anilines is 1. The standard InChI is InChI=1S/C27H26N2O3/c1-25-17-22(30)26(13-7-8-14-26)23-27(25,15-16-28-23)20-11-5-6-12-21(20)29(25)24(31)32-18-19-9-3-2-4-10-19/h2-12H,13-18H2,1H3/t25-,27+/m0/s1. The minimum atomic E-state index is -0.731. The van der Waals surface area contributed by atoms with E-state index in [1.54, 1.807) is 4.90 Å². The predicted octanol–water partition coefficient (Wildman–Crippen LogP) is 4.99. The van der Waals surface area contributed by atoms with Crippen molar-refractivity contribution in [1.82, 2.24) is 0 Å². The molecule has 2 aliphatic carbocycles. The molecule has 1 saturated carbocycles. The summed E-state index contributed by atoms with van der Waals surface area (Å²) >= 11 is 0. The average molecular weight is 427 g/mol. The van der Waals surface area contributed by atoms with Gasteiger partial charge in [-0.2, -0.15) is 0 Å². The lowest BCUT2D eigenvalue weighted by atomic mass is 9.50. The second kappa shape index (κ2) is 6.64. The predicted molar refractivity (Wildman–Crippen MR) is 123 cm³/mol. The number of carbonyl (C=O) groups is 2. The summed E-state index contributed by atoms with van der Waals surface area (Å²) in [7, 11) is 0. The highest BCUT2D eigenvalue weighted by Crippen LogP contribution is 2.64. The highest BCUT2D eigenvalue weighted by atomic mass is 16.6. The molecule has 0 saturated heterocycles. The number of aliphatic imine (C=N–C) groups is 1. The number of ether oxygens (including phenoxy) is 1. The largest absolute Gasteiger partial charge is 0.444 e. The van der Waals surface area contributed by atoms with Crippen LogP contribution in [0.1, 0.15) is 43.7 Å². The molecule has 1 fully saturated rings. The highest BCUT2D eigenvalue weighted by molar-refractivity contribution is 6.22. The monoisotopic (exact) mass is 426 g/mol. The van der Waals surface area contributed by atoms with E-state index in [2.05, 4.69) is 25.1 Å². The van der Waals surface area contributed by atoms with Crippen molar-refractivity contribution in [1.29, 1.82) is 0 Å². The fourth-order valence-electron chi connectivity index (χ4n) is 6.71. The molecule has 1 amide bonds. The molecule has 2 aliphatic heterocycles. The van der Waals surface area contributed by atoms with Crippen LogP contribution in [0.25, 0.3) is 0 Å². The van der Waals surface area contributed by atoms with E-state index >= 15 is 0 Å². The van der Waals surface area contributed by atoms with Gasteiger partial charge in [-0.1, -0.05) is 60.7 Å². The molecule has 4 aliphatic rings. The summed E-state index contributed by atoms with van der Waals surface area (Å²) in [5, 5.41) is 0. The smallest absolute Gasteiger partial charge is 0.415 e.